The fraction of sp³-hybridized carbons (Fsp3) is 0.182. The van der Waals surface area contributed by atoms with Crippen LogP contribution in [0, 0.1) is 12.7 Å². The SMILES string of the molecule is COc1ccc(N(C(C)c2ccccc2F)S(=O)(=O)c2ccc(C)cc2)cc1. The lowest BCUT2D eigenvalue weighted by Gasteiger charge is -2.31. The number of sulfonamides is 1. The second kappa shape index (κ2) is 8.02. The van der Waals surface area contributed by atoms with Crippen LogP contribution in [-0.2, 0) is 10.0 Å². The second-order valence-electron chi connectivity index (χ2n) is 6.51. The van der Waals surface area contributed by atoms with E-state index in [1.807, 2.05) is 6.92 Å². The molecule has 3 aromatic carbocycles. The first kappa shape index (κ1) is 19.9. The van der Waals surface area contributed by atoms with Crippen molar-refractivity contribution >= 4 is 15.7 Å². The molecule has 28 heavy (non-hydrogen) atoms. The third-order valence-corrected chi connectivity index (χ3v) is 6.52. The number of rotatable bonds is 6. The maximum absolute atomic E-state index is 14.4. The summed E-state index contributed by atoms with van der Waals surface area (Å²) in [5, 5.41) is 0. The normalized spacial score (nSPS) is 12.4. The Morgan fingerprint density at radius 2 is 1.54 bits per heavy atom. The highest BCUT2D eigenvalue weighted by Gasteiger charge is 2.31. The predicted octanol–water partition coefficient (Wildman–Crippen LogP) is 5.10. The number of ether oxygens (including phenoxy) is 1. The van der Waals surface area contributed by atoms with Crippen LogP contribution in [0.25, 0.3) is 0 Å². The topological polar surface area (TPSA) is 46.6 Å². The molecule has 0 aromatic heterocycles. The Balaban J connectivity index is 2.15. The van der Waals surface area contributed by atoms with Crippen LogP contribution in [0.2, 0.25) is 0 Å². The van der Waals surface area contributed by atoms with Gasteiger partial charge >= 0.3 is 0 Å². The van der Waals surface area contributed by atoms with Crippen LogP contribution in [0.4, 0.5) is 10.1 Å². The van der Waals surface area contributed by atoms with Gasteiger partial charge in [0.1, 0.15) is 11.6 Å². The number of hydrogen-bond donors (Lipinski definition) is 0. The number of nitrogens with zero attached hydrogens (tertiary/aromatic N) is 1. The van der Waals surface area contributed by atoms with Gasteiger partial charge in [0.25, 0.3) is 10.0 Å². The molecule has 4 nitrogen and oxygen atoms in total. The first-order valence-corrected chi connectivity index (χ1v) is 10.3. The quantitative estimate of drug-likeness (QED) is 0.579. The predicted molar refractivity (Wildman–Crippen MR) is 109 cm³/mol. The average molecular weight is 399 g/mol. The van der Waals surface area contributed by atoms with Gasteiger partial charge in [-0.2, -0.15) is 0 Å². The molecule has 0 N–H and O–H groups in total. The number of halogens is 1. The lowest BCUT2D eigenvalue weighted by molar-refractivity contribution is 0.415. The van der Waals surface area contributed by atoms with E-state index in [-0.39, 0.29) is 4.90 Å². The van der Waals surface area contributed by atoms with E-state index in [1.54, 1.807) is 73.7 Å². The highest BCUT2D eigenvalue weighted by Crippen LogP contribution is 2.35. The van der Waals surface area contributed by atoms with Crippen molar-refractivity contribution in [2.75, 3.05) is 11.4 Å². The van der Waals surface area contributed by atoms with Crippen LogP contribution in [0.1, 0.15) is 24.1 Å². The molecule has 3 rings (SSSR count). The number of benzene rings is 3. The summed E-state index contributed by atoms with van der Waals surface area (Å²) < 4.78 is 47.8. The third kappa shape index (κ3) is 3.87. The average Bonchev–Trinajstić information content (AvgIpc) is 2.69. The first-order chi connectivity index (χ1) is 13.3. The Bertz CT molecular complexity index is 1050. The summed E-state index contributed by atoms with van der Waals surface area (Å²) in [4.78, 5) is 0.150. The summed E-state index contributed by atoms with van der Waals surface area (Å²) in [6.07, 6.45) is 0. The summed E-state index contributed by atoms with van der Waals surface area (Å²) in [6.45, 7) is 3.56. The van der Waals surface area contributed by atoms with Crippen molar-refractivity contribution in [2.24, 2.45) is 0 Å². The maximum atomic E-state index is 14.4. The van der Waals surface area contributed by atoms with Crippen molar-refractivity contribution in [1.29, 1.82) is 0 Å². The summed E-state index contributed by atoms with van der Waals surface area (Å²) in [6, 6.07) is 18.7. The van der Waals surface area contributed by atoms with Crippen LogP contribution in [0.3, 0.4) is 0 Å². The Morgan fingerprint density at radius 1 is 0.929 bits per heavy atom. The van der Waals surface area contributed by atoms with Crippen LogP contribution in [0.15, 0.2) is 77.7 Å². The first-order valence-electron chi connectivity index (χ1n) is 8.84. The molecule has 0 heterocycles. The Labute approximate surface area is 165 Å². The Morgan fingerprint density at radius 3 is 2.11 bits per heavy atom. The van der Waals surface area contributed by atoms with Gasteiger partial charge in [-0.25, -0.2) is 12.8 Å². The highest BCUT2D eigenvalue weighted by atomic mass is 32.2. The minimum absolute atomic E-state index is 0.150. The molecule has 0 aliphatic rings. The molecule has 0 fully saturated rings. The van der Waals surface area contributed by atoms with Crippen molar-refractivity contribution in [1.82, 2.24) is 0 Å². The van der Waals surface area contributed by atoms with E-state index >= 15 is 0 Å². The van der Waals surface area contributed by atoms with Gasteiger partial charge in [0.2, 0.25) is 0 Å². The number of methoxy groups -OCH3 is 1. The van der Waals surface area contributed by atoms with Crippen molar-refractivity contribution in [2.45, 2.75) is 24.8 Å². The number of aryl methyl sites for hydroxylation is 1. The van der Waals surface area contributed by atoms with Crippen molar-refractivity contribution in [3.05, 3.63) is 89.7 Å². The minimum Gasteiger partial charge on any atom is -0.497 e. The largest absolute Gasteiger partial charge is 0.497 e. The summed E-state index contributed by atoms with van der Waals surface area (Å²) in [5.74, 6) is 0.155. The number of hydrogen-bond acceptors (Lipinski definition) is 3. The zero-order valence-electron chi connectivity index (χ0n) is 16.0. The van der Waals surface area contributed by atoms with Gasteiger partial charge in [-0.3, -0.25) is 4.31 Å². The van der Waals surface area contributed by atoms with Gasteiger partial charge in [-0.15, -0.1) is 0 Å². The molecule has 0 spiro atoms. The van der Waals surface area contributed by atoms with Gasteiger partial charge in [-0.1, -0.05) is 35.9 Å². The zero-order valence-corrected chi connectivity index (χ0v) is 16.8. The van der Waals surface area contributed by atoms with Crippen LogP contribution >= 0.6 is 0 Å². The lowest BCUT2D eigenvalue weighted by atomic mass is 10.1. The van der Waals surface area contributed by atoms with E-state index in [2.05, 4.69) is 0 Å². The molecule has 0 aliphatic heterocycles. The Kier molecular flexibility index (Phi) is 5.70. The molecular formula is C22H22FNO3S. The van der Waals surface area contributed by atoms with Gasteiger partial charge in [0.15, 0.2) is 0 Å². The molecule has 6 heteroatoms. The molecule has 0 amide bonds. The Hall–Kier alpha value is -2.86. The van der Waals surface area contributed by atoms with E-state index in [0.717, 1.165) is 5.56 Å². The second-order valence-corrected chi connectivity index (χ2v) is 8.32. The standard InChI is InChI=1S/C22H22FNO3S/c1-16-8-14-20(15-9-16)28(25,26)24(18-10-12-19(27-3)13-11-18)17(2)21-6-4-5-7-22(21)23/h4-15,17H,1-3H3. The van der Waals surface area contributed by atoms with Crippen LogP contribution in [-0.4, -0.2) is 15.5 Å². The fourth-order valence-corrected chi connectivity index (χ4v) is 4.70. The molecule has 0 bridgehead atoms. The van der Waals surface area contributed by atoms with Gasteiger partial charge in [-0.05, 0) is 56.3 Å². The van der Waals surface area contributed by atoms with Crippen LogP contribution in [0.5, 0.6) is 5.75 Å². The van der Waals surface area contributed by atoms with E-state index < -0.39 is 21.9 Å². The zero-order chi connectivity index (χ0) is 20.3. The van der Waals surface area contributed by atoms with Crippen molar-refractivity contribution < 1.29 is 17.5 Å². The summed E-state index contributed by atoms with van der Waals surface area (Å²) in [7, 11) is -2.39. The molecule has 146 valence electrons. The summed E-state index contributed by atoms with van der Waals surface area (Å²) >= 11 is 0. The number of anilines is 1. The minimum atomic E-state index is -3.93. The molecule has 1 atom stereocenters. The maximum Gasteiger partial charge on any atom is 0.264 e. The molecule has 0 radical (unpaired) electrons. The molecule has 3 aromatic rings. The van der Waals surface area contributed by atoms with Gasteiger partial charge in [0, 0.05) is 5.56 Å². The van der Waals surface area contributed by atoms with Crippen molar-refractivity contribution in [3.8, 4) is 5.75 Å². The molecule has 0 aliphatic carbocycles. The van der Waals surface area contributed by atoms with E-state index in [1.165, 1.54) is 17.5 Å². The van der Waals surface area contributed by atoms with Crippen molar-refractivity contribution in [3.63, 3.8) is 0 Å². The highest BCUT2D eigenvalue weighted by molar-refractivity contribution is 7.92. The van der Waals surface area contributed by atoms with E-state index in [4.69, 9.17) is 4.74 Å². The van der Waals surface area contributed by atoms with Gasteiger partial charge < -0.3 is 4.74 Å². The fourth-order valence-electron chi connectivity index (χ4n) is 3.06. The van der Waals surface area contributed by atoms with E-state index in [0.29, 0.717) is 17.0 Å². The smallest absolute Gasteiger partial charge is 0.264 e. The monoisotopic (exact) mass is 399 g/mol. The molecule has 0 saturated carbocycles. The molecule has 1 unspecified atom stereocenters. The van der Waals surface area contributed by atoms with E-state index in [9.17, 15) is 12.8 Å². The van der Waals surface area contributed by atoms with Gasteiger partial charge in [0.05, 0.1) is 23.7 Å². The molecular weight excluding hydrogens is 377 g/mol. The molecule has 0 saturated heterocycles. The third-order valence-electron chi connectivity index (χ3n) is 4.61. The van der Waals surface area contributed by atoms with Crippen LogP contribution < -0.4 is 9.04 Å². The summed E-state index contributed by atoms with van der Waals surface area (Å²) in [5.41, 5.74) is 1.68. The lowest BCUT2D eigenvalue weighted by Crippen LogP contribution is -2.34.